The van der Waals surface area contributed by atoms with Gasteiger partial charge in [0.25, 0.3) is 5.56 Å². The van der Waals surface area contributed by atoms with Gasteiger partial charge in [-0.25, -0.2) is 0 Å². The number of hydrogen-bond acceptors (Lipinski definition) is 6. The molecule has 3 aromatic heterocycles. The molecule has 0 aliphatic heterocycles. The number of thiophene rings is 1. The Balaban J connectivity index is 1.63. The van der Waals surface area contributed by atoms with Crippen LogP contribution in [0, 0.1) is 0 Å². The molecule has 25 heavy (non-hydrogen) atoms. The molecule has 4 rings (SSSR count). The Labute approximate surface area is 152 Å². The number of nitrogens with one attached hydrogen (secondary N) is 1. The Morgan fingerprint density at radius 3 is 2.96 bits per heavy atom. The Morgan fingerprint density at radius 1 is 1.40 bits per heavy atom. The molecule has 0 spiro atoms. The molecular formula is C16H19N5O2S2. The van der Waals surface area contributed by atoms with E-state index in [1.807, 2.05) is 22.8 Å². The van der Waals surface area contributed by atoms with Gasteiger partial charge in [-0.1, -0.05) is 24.6 Å². The van der Waals surface area contributed by atoms with Gasteiger partial charge in [-0.15, -0.1) is 21.5 Å². The molecule has 3 aromatic rings. The van der Waals surface area contributed by atoms with E-state index in [0.717, 1.165) is 18.4 Å². The van der Waals surface area contributed by atoms with Crippen LogP contribution in [0.5, 0.6) is 0 Å². The first-order valence-electron chi connectivity index (χ1n) is 8.46. The summed E-state index contributed by atoms with van der Waals surface area (Å²) in [4.78, 5) is 24.7. The molecule has 0 atom stereocenters. The van der Waals surface area contributed by atoms with Crippen molar-refractivity contribution in [2.75, 3.05) is 5.75 Å². The van der Waals surface area contributed by atoms with Crippen LogP contribution in [0.2, 0.25) is 0 Å². The smallest absolute Gasteiger partial charge is 0.272 e. The fraction of sp³-hybridized carbons (Fsp3) is 0.500. The molecule has 1 amide bonds. The fourth-order valence-electron chi connectivity index (χ4n) is 3.35. The topological polar surface area (TPSA) is 81.3 Å². The highest BCUT2D eigenvalue weighted by molar-refractivity contribution is 7.99. The van der Waals surface area contributed by atoms with Crippen molar-refractivity contribution >= 4 is 45.0 Å². The Bertz CT molecular complexity index is 984. The van der Waals surface area contributed by atoms with Crippen molar-refractivity contribution in [3.05, 3.63) is 21.8 Å². The molecule has 132 valence electrons. The molecule has 3 heterocycles. The largest absolute Gasteiger partial charge is 0.353 e. The number of amides is 1. The highest BCUT2D eigenvalue weighted by Crippen LogP contribution is 2.24. The number of aryl methyl sites for hydroxylation is 1. The molecule has 0 aromatic carbocycles. The molecule has 1 aliphatic rings. The molecule has 0 unspecified atom stereocenters. The fourth-order valence-corrected chi connectivity index (χ4v) is 4.92. The predicted molar refractivity (Wildman–Crippen MR) is 99.4 cm³/mol. The lowest BCUT2D eigenvalue weighted by atomic mass is 10.2. The highest BCUT2D eigenvalue weighted by Gasteiger charge is 2.20. The standard InChI is InChI=1S/C16H19N5O2S2/c1-2-20-14(23)13-11(7-8-24-13)21-15(20)18-19-16(21)25-9-12(22)17-10-5-3-4-6-10/h7-8,10H,2-6,9H2,1H3,(H,17,22). The Hall–Kier alpha value is -1.87. The van der Waals surface area contributed by atoms with Gasteiger partial charge in [0, 0.05) is 12.6 Å². The number of rotatable bonds is 5. The first kappa shape index (κ1) is 16.6. The molecule has 1 saturated carbocycles. The Morgan fingerprint density at radius 2 is 2.20 bits per heavy atom. The van der Waals surface area contributed by atoms with Gasteiger partial charge in [0.15, 0.2) is 5.16 Å². The summed E-state index contributed by atoms with van der Waals surface area (Å²) in [5.74, 6) is 0.852. The van der Waals surface area contributed by atoms with E-state index in [0.29, 0.717) is 34.0 Å². The Kier molecular flexibility index (Phi) is 4.51. The average molecular weight is 377 g/mol. The van der Waals surface area contributed by atoms with Crippen LogP contribution in [0.3, 0.4) is 0 Å². The maximum Gasteiger partial charge on any atom is 0.272 e. The van der Waals surface area contributed by atoms with Crippen molar-refractivity contribution in [1.82, 2.24) is 24.5 Å². The zero-order valence-corrected chi connectivity index (χ0v) is 15.5. The molecule has 0 bridgehead atoms. The van der Waals surface area contributed by atoms with E-state index in [-0.39, 0.29) is 11.5 Å². The molecule has 1 fully saturated rings. The summed E-state index contributed by atoms with van der Waals surface area (Å²) >= 11 is 2.78. The zero-order valence-electron chi connectivity index (χ0n) is 13.9. The van der Waals surface area contributed by atoms with Crippen molar-refractivity contribution < 1.29 is 4.79 Å². The van der Waals surface area contributed by atoms with Crippen LogP contribution in [0.25, 0.3) is 16.0 Å². The molecule has 1 aliphatic carbocycles. The van der Waals surface area contributed by atoms with Crippen LogP contribution >= 0.6 is 23.1 Å². The van der Waals surface area contributed by atoms with Gasteiger partial charge in [-0.3, -0.25) is 18.6 Å². The minimum atomic E-state index is -0.0390. The lowest BCUT2D eigenvalue weighted by Gasteiger charge is -2.11. The second-order valence-electron chi connectivity index (χ2n) is 6.14. The summed E-state index contributed by atoms with van der Waals surface area (Å²) < 4.78 is 4.19. The summed E-state index contributed by atoms with van der Waals surface area (Å²) in [6.07, 6.45) is 4.53. The maximum absolute atomic E-state index is 12.5. The number of carbonyl (C=O) groups is 1. The zero-order chi connectivity index (χ0) is 17.4. The molecule has 0 saturated heterocycles. The monoisotopic (exact) mass is 377 g/mol. The summed E-state index contributed by atoms with van der Waals surface area (Å²) in [7, 11) is 0. The van der Waals surface area contributed by atoms with E-state index in [9.17, 15) is 9.59 Å². The van der Waals surface area contributed by atoms with Crippen LogP contribution in [-0.2, 0) is 11.3 Å². The van der Waals surface area contributed by atoms with Crippen molar-refractivity contribution in [3.8, 4) is 0 Å². The van der Waals surface area contributed by atoms with Gasteiger partial charge in [-0.05, 0) is 31.2 Å². The predicted octanol–water partition coefficient (Wildman–Crippen LogP) is 2.28. The summed E-state index contributed by atoms with van der Waals surface area (Å²) in [6.45, 7) is 2.44. The van der Waals surface area contributed by atoms with Crippen LogP contribution in [0.1, 0.15) is 32.6 Å². The van der Waals surface area contributed by atoms with Crippen molar-refractivity contribution in [2.24, 2.45) is 0 Å². The third-order valence-corrected chi connectivity index (χ3v) is 6.37. The number of aromatic nitrogens is 4. The normalized spacial score (nSPS) is 15.4. The van der Waals surface area contributed by atoms with E-state index in [2.05, 4.69) is 15.5 Å². The number of fused-ring (bicyclic) bond motifs is 3. The third-order valence-electron chi connectivity index (χ3n) is 4.55. The minimum Gasteiger partial charge on any atom is -0.353 e. The van der Waals surface area contributed by atoms with Gasteiger partial charge >= 0.3 is 0 Å². The summed E-state index contributed by atoms with van der Waals surface area (Å²) in [5, 5.41) is 14.0. The lowest BCUT2D eigenvalue weighted by Crippen LogP contribution is -2.33. The van der Waals surface area contributed by atoms with Crippen LogP contribution < -0.4 is 10.9 Å². The van der Waals surface area contributed by atoms with Crippen molar-refractivity contribution in [3.63, 3.8) is 0 Å². The minimum absolute atomic E-state index is 0.0269. The molecule has 9 heteroatoms. The van der Waals surface area contributed by atoms with Gasteiger partial charge in [-0.2, -0.15) is 0 Å². The second kappa shape index (κ2) is 6.80. The third kappa shape index (κ3) is 2.95. The quantitative estimate of drug-likeness (QED) is 0.690. The summed E-state index contributed by atoms with van der Waals surface area (Å²) in [6, 6.07) is 2.22. The van der Waals surface area contributed by atoms with Crippen molar-refractivity contribution in [1.29, 1.82) is 0 Å². The first-order chi connectivity index (χ1) is 12.2. The lowest BCUT2D eigenvalue weighted by molar-refractivity contribution is -0.119. The number of thioether (sulfide) groups is 1. The van der Waals surface area contributed by atoms with Gasteiger partial charge < -0.3 is 5.32 Å². The molecule has 7 nitrogen and oxygen atoms in total. The van der Waals surface area contributed by atoms with E-state index in [1.54, 1.807) is 4.57 Å². The van der Waals surface area contributed by atoms with Crippen molar-refractivity contribution in [2.45, 2.75) is 50.4 Å². The number of nitrogens with zero attached hydrogens (tertiary/aromatic N) is 4. The van der Waals surface area contributed by atoms with E-state index in [1.165, 1.54) is 35.9 Å². The SMILES string of the molecule is CCn1c(=O)c2sccc2n2c(SCC(=O)NC3CCCC3)nnc12. The number of carbonyl (C=O) groups excluding carboxylic acids is 1. The van der Waals surface area contributed by atoms with Gasteiger partial charge in [0.2, 0.25) is 11.7 Å². The molecule has 1 N–H and O–H groups in total. The van der Waals surface area contributed by atoms with E-state index in [4.69, 9.17) is 0 Å². The average Bonchev–Trinajstić information content (AvgIpc) is 3.33. The van der Waals surface area contributed by atoms with Crippen LogP contribution in [0.15, 0.2) is 21.4 Å². The van der Waals surface area contributed by atoms with Crippen LogP contribution in [0.4, 0.5) is 0 Å². The van der Waals surface area contributed by atoms with E-state index < -0.39 is 0 Å². The van der Waals surface area contributed by atoms with E-state index >= 15 is 0 Å². The molecular weight excluding hydrogens is 358 g/mol. The summed E-state index contributed by atoms with van der Waals surface area (Å²) in [5.41, 5.74) is 0.765. The van der Waals surface area contributed by atoms with Gasteiger partial charge in [0.05, 0.1) is 11.3 Å². The van der Waals surface area contributed by atoms with Crippen LogP contribution in [-0.4, -0.2) is 36.9 Å². The first-order valence-corrected chi connectivity index (χ1v) is 10.3. The second-order valence-corrected chi connectivity index (χ2v) is 8.00. The maximum atomic E-state index is 12.5. The molecule has 0 radical (unpaired) electrons. The number of hydrogen-bond donors (Lipinski definition) is 1. The highest BCUT2D eigenvalue weighted by atomic mass is 32.2. The van der Waals surface area contributed by atoms with Gasteiger partial charge in [0.1, 0.15) is 4.70 Å².